The second-order valence-electron chi connectivity index (χ2n) is 3.92. The smallest absolute Gasteiger partial charge is 0.194 e. The molecule has 5 nitrogen and oxygen atoms in total. The molecule has 15 heavy (non-hydrogen) atoms. The summed E-state index contributed by atoms with van der Waals surface area (Å²) < 4.78 is 7.22. The van der Waals surface area contributed by atoms with Gasteiger partial charge in [0.05, 0.1) is 19.3 Å². The van der Waals surface area contributed by atoms with Crippen molar-refractivity contribution in [2.75, 3.05) is 27.2 Å². The highest BCUT2D eigenvalue weighted by atomic mass is 16.5. The van der Waals surface area contributed by atoms with Gasteiger partial charge < -0.3 is 14.2 Å². The van der Waals surface area contributed by atoms with Crippen LogP contribution in [0.15, 0.2) is 6.20 Å². The van der Waals surface area contributed by atoms with Gasteiger partial charge in [-0.3, -0.25) is 4.79 Å². The molecule has 2 heterocycles. The van der Waals surface area contributed by atoms with Gasteiger partial charge in [0.2, 0.25) is 0 Å². The summed E-state index contributed by atoms with van der Waals surface area (Å²) in [4.78, 5) is 17.9. The predicted octanol–water partition coefficient (Wildman–Crippen LogP) is 0.158. The van der Waals surface area contributed by atoms with Crippen LogP contribution >= 0.6 is 0 Å². The van der Waals surface area contributed by atoms with E-state index in [1.807, 2.05) is 23.6 Å². The van der Waals surface area contributed by atoms with E-state index in [0.717, 1.165) is 12.4 Å². The average Bonchev–Trinajstić information content (AvgIpc) is 2.59. The molecule has 0 bridgehead atoms. The molecule has 2 rings (SSSR count). The number of nitrogens with zero attached hydrogens (tertiary/aromatic N) is 3. The van der Waals surface area contributed by atoms with Crippen molar-refractivity contribution < 1.29 is 9.53 Å². The van der Waals surface area contributed by atoms with E-state index in [1.54, 1.807) is 6.20 Å². The lowest BCUT2D eigenvalue weighted by molar-refractivity contribution is 0.0780. The van der Waals surface area contributed by atoms with Crippen LogP contribution in [0.25, 0.3) is 0 Å². The van der Waals surface area contributed by atoms with Crippen molar-refractivity contribution in [2.45, 2.75) is 13.2 Å². The summed E-state index contributed by atoms with van der Waals surface area (Å²) in [5, 5.41) is 0. The summed E-state index contributed by atoms with van der Waals surface area (Å²) in [5.74, 6) is 0.962. The summed E-state index contributed by atoms with van der Waals surface area (Å²) in [7, 11) is 3.77. The third-order valence-corrected chi connectivity index (χ3v) is 2.37. The fraction of sp³-hybridized carbons (Fsp3) is 0.600. The molecule has 1 aromatic rings. The Bertz CT molecular complexity index is 371. The predicted molar refractivity (Wildman–Crippen MR) is 54.8 cm³/mol. The first kappa shape index (κ1) is 10.3. The minimum atomic E-state index is 0.112. The van der Waals surface area contributed by atoms with Crippen LogP contribution in [-0.4, -0.2) is 47.5 Å². The molecule has 5 heteroatoms. The number of hydrogen-bond acceptors (Lipinski definition) is 4. The van der Waals surface area contributed by atoms with Crippen LogP contribution in [0.1, 0.15) is 16.3 Å². The Balaban J connectivity index is 2.21. The van der Waals surface area contributed by atoms with Crippen molar-refractivity contribution in [2.24, 2.45) is 0 Å². The molecule has 82 valence electrons. The van der Waals surface area contributed by atoms with Gasteiger partial charge in [-0.2, -0.15) is 0 Å². The van der Waals surface area contributed by atoms with Gasteiger partial charge in [0, 0.05) is 6.54 Å². The van der Waals surface area contributed by atoms with Gasteiger partial charge in [-0.1, -0.05) is 0 Å². The summed E-state index contributed by atoms with van der Waals surface area (Å²) in [6.45, 7) is 2.32. The third-order valence-electron chi connectivity index (χ3n) is 2.37. The highest BCUT2D eigenvalue weighted by molar-refractivity contribution is 5.96. The summed E-state index contributed by atoms with van der Waals surface area (Å²) in [5.41, 5.74) is 0.696. The van der Waals surface area contributed by atoms with Crippen LogP contribution in [0.3, 0.4) is 0 Å². The Labute approximate surface area is 88.7 Å². The number of fused-ring (bicyclic) bond motifs is 1. The molecule has 0 atom stereocenters. The number of aromatic nitrogens is 2. The van der Waals surface area contributed by atoms with Crippen LogP contribution in [0.2, 0.25) is 0 Å². The number of hydrogen-bond donors (Lipinski definition) is 0. The molecule has 0 spiro atoms. The molecule has 0 saturated carbocycles. The number of rotatable bonds is 3. The SMILES string of the molecule is CN(C)CC(=O)c1cnc2n1CCOC2. The van der Waals surface area contributed by atoms with E-state index in [4.69, 9.17) is 4.74 Å². The van der Waals surface area contributed by atoms with E-state index in [1.165, 1.54) is 0 Å². The number of ketones is 1. The van der Waals surface area contributed by atoms with E-state index >= 15 is 0 Å². The van der Waals surface area contributed by atoms with E-state index in [9.17, 15) is 4.79 Å². The standard InChI is InChI=1S/C10H15N3O2/c1-12(2)6-9(14)8-5-11-10-7-15-4-3-13(8)10/h5H,3-4,6-7H2,1-2H3. The van der Waals surface area contributed by atoms with Crippen LogP contribution in [0.5, 0.6) is 0 Å². The van der Waals surface area contributed by atoms with Crippen LogP contribution in [-0.2, 0) is 17.9 Å². The maximum atomic E-state index is 11.8. The van der Waals surface area contributed by atoms with Gasteiger partial charge in [-0.15, -0.1) is 0 Å². The van der Waals surface area contributed by atoms with E-state index in [2.05, 4.69) is 4.98 Å². The van der Waals surface area contributed by atoms with Gasteiger partial charge in [-0.05, 0) is 14.1 Å². The van der Waals surface area contributed by atoms with Crippen molar-refractivity contribution in [3.8, 4) is 0 Å². The van der Waals surface area contributed by atoms with Gasteiger partial charge in [0.15, 0.2) is 5.78 Å². The molecule has 1 aromatic heterocycles. The van der Waals surface area contributed by atoms with Crippen molar-refractivity contribution >= 4 is 5.78 Å². The van der Waals surface area contributed by atoms with E-state index < -0.39 is 0 Å². The largest absolute Gasteiger partial charge is 0.372 e. The number of carbonyl (C=O) groups excluding carboxylic acids is 1. The Morgan fingerprint density at radius 2 is 2.47 bits per heavy atom. The summed E-state index contributed by atoms with van der Waals surface area (Å²) in [6, 6.07) is 0. The first-order valence-electron chi connectivity index (χ1n) is 4.98. The summed E-state index contributed by atoms with van der Waals surface area (Å²) in [6.07, 6.45) is 1.65. The maximum absolute atomic E-state index is 11.8. The van der Waals surface area contributed by atoms with E-state index in [-0.39, 0.29) is 5.78 Å². The molecule has 0 fully saturated rings. The maximum Gasteiger partial charge on any atom is 0.194 e. The Hall–Kier alpha value is -1.20. The zero-order valence-corrected chi connectivity index (χ0v) is 9.06. The second kappa shape index (κ2) is 4.12. The van der Waals surface area contributed by atoms with Crippen molar-refractivity contribution in [1.82, 2.24) is 14.5 Å². The molecule has 0 radical (unpaired) electrons. The fourth-order valence-electron chi connectivity index (χ4n) is 1.69. The highest BCUT2D eigenvalue weighted by Crippen LogP contribution is 2.12. The molecule has 0 saturated heterocycles. The molecule has 0 amide bonds. The number of likely N-dealkylation sites (N-methyl/N-ethyl adjacent to an activating group) is 1. The molecule has 0 N–H and O–H groups in total. The lowest BCUT2D eigenvalue weighted by atomic mass is 10.3. The van der Waals surface area contributed by atoms with Crippen LogP contribution in [0.4, 0.5) is 0 Å². The zero-order chi connectivity index (χ0) is 10.8. The van der Waals surface area contributed by atoms with Crippen molar-refractivity contribution in [1.29, 1.82) is 0 Å². The minimum Gasteiger partial charge on any atom is -0.372 e. The monoisotopic (exact) mass is 209 g/mol. The number of Topliss-reactive ketones (excluding diaryl/α,β-unsaturated/α-hetero) is 1. The second-order valence-corrected chi connectivity index (χ2v) is 3.92. The Kier molecular flexibility index (Phi) is 2.83. The minimum absolute atomic E-state index is 0.112. The lowest BCUT2D eigenvalue weighted by Gasteiger charge is -2.17. The van der Waals surface area contributed by atoms with Gasteiger partial charge in [-0.25, -0.2) is 4.98 Å². The molecular formula is C10H15N3O2. The average molecular weight is 209 g/mol. The Morgan fingerprint density at radius 3 is 3.20 bits per heavy atom. The zero-order valence-electron chi connectivity index (χ0n) is 9.06. The molecular weight excluding hydrogens is 194 g/mol. The first-order chi connectivity index (χ1) is 7.18. The van der Waals surface area contributed by atoms with E-state index in [0.29, 0.717) is 25.5 Å². The van der Waals surface area contributed by atoms with Gasteiger partial charge >= 0.3 is 0 Å². The molecule has 0 aliphatic carbocycles. The van der Waals surface area contributed by atoms with Crippen molar-refractivity contribution in [3.63, 3.8) is 0 Å². The normalized spacial score (nSPS) is 15.4. The number of ether oxygens (including phenoxy) is 1. The molecule has 1 aliphatic rings. The lowest BCUT2D eigenvalue weighted by Crippen LogP contribution is -2.26. The highest BCUT2D eigenvalue weighted by Gasteiger charge is 2.19. The summed E-state index contributed by atoms with van der Waals surface area (Å²) >= 11 is 0. The molecule has 1 aliphatic heterocycles. The van der Waals surface area contributed by atoms with Crippen molar-refractivity contribution in [3.05, 3.63) is 17.7 Å². The molecule has 0 unspecified atom stereocenters. The van der Waals surface area contributed by atoms with Gasteiger partial charge in [0.25, 0.3) is 0 Å². The third kappa shape index (κ3) is 2.08. The topological polar surface area (TPSA) is 47.4 Å². The van der Waals surface area contributed by atoms with Crippen LogP contribution in [0, 0.1) is 0 Å². The Morgan fingerprint density at radius 1 is 1.67 bits per heavy atom. The van der Waals surface area contributed by atoms with Crippen LogP contribution < -0.4 is 0 Å². The molecule has 0 aromatic carbocycles. The quantitative estimate of drug-likeness (QED) is 0.665. The number of carbonyl (C=O) groups is 1. The fourth-order valence-corrected chi connectivity index (χ4v) is 1.69. The van der Waals surface area contributed by atoms with Gasteiger partial charge in [0.1, 0.15) is 18.1 Å². The first-order valence-corrected chi connectivity index (χ1v) is 4.98. The number of imidazole rings is 1.